The van der Waals surface area contributed by atoms with Gasteiger partial charge in [0, 0.05) is 60.3 Å². The van der Waals surface area contributed by atoms with E-state index in [0.717, 1.165) is 52.8 Å². The smallest absolute Gasteiger partial charge is 0.205 e. The van der Waals surface area contributed by atoms with Crippen LogP contribution in [0.5, 0.6) is 0 Å². The number of nitrogens with one attached hydrogen (secondary N) is 3. The number of rotatable bonds is 19. The van der Waals surface area contributed by atoms with Gasteiger partial charge in [0.15, 0.2) is 25.5 Å². The highest BCUT2D eigenvalue weighted by Crippen LogP contribution is 2.21. The van der Waals surface area contributed by atoms with Crippen LogP contribution in [0.25, 0.3) is 18.2 Å². The first-order chi connectivity index (χ1) is 20.8. The molecule has 0 aliphatic heterocycles. The molecule has 1 aromatic heterocycles. The number of allylic oxidation sites excluding steroid dienone is 5. The molecule has 0 bridgehead atoms. The lowest BCUT2D eigenvalue weighted by molar-refractivity contribution is -0.699. The van der Waals surface area contributed by atoms with Gasteiger partial charge >= 0.3 is 0 Å². The van der Waals surface area contributed by atoms with E-state index in [4.69, 9.17) is 5.11 Å². The Morgan fingerprint density at radius 2 is 1.29 bits per heavy atom. The lowest BCUT2D eigenvalue weighted by atomic mass is 10.1. The van der Waals surface area contributed by atoms with Gasteiger partial charge < -0.3 is 20.8 Å². The number of nitrogens with zero attached hydrogens (tertiary/aromatic N) is 1. The van der Waals surface area contributed by atoms with Crippen LogP contribution in [0.3, 0.4) is 0 Å². The summed E-state index contributed by atoms with van der Waals surface area (Å²) >= 11 is 0. The molecular weight excluding hydrogens is 561 g/mol. The highest BCUT2D eigenvalue weighted by Gasteiger charge is 2.04. The molecule has 0 amide bonds. The Kier molecular flexibility index (Phi) is 16.6. The first-order valence-corrected chi connectivity index (χ1v) is 16.6. The maximum absolute atomic E-state index is 9.24. The van der Waals surface area contributed by atoms with Crippen molar-refractivity contribution in [2.45, 2.75) is 6.54 Å². The Bertz CT molecular complexity index is 1300. The fourth-order valence-electron chi connectivity index (χ4n) is 3.78. The van der Waals surface area contributed by atoms with Crippen LogP contribution in [0.2, 0.25) is 0 Å². The minimum atomic E-state index is 0.126. The Hall–Kier alpha value is -3.56. The average Bonchev–Trinajstić information content (AvgIpc) is 3.02. The molecule has 2 aromatic carbocycles. The lowest BCUT2D eigenvalue weighted by Crippen LogP contribution is -2.69. The van der Waals surface area contributed by atoms with Crippen molar-refractivity contribution in [3.05, 3.63) is 120 Å². The van der Waals surface area contributed by atoms with Crippen LogP contribution in [0.4, 0.5) is 11.4 Å². The number of hydrogen-bond donors (Lipinski definition) is 5. The maximum Gasteiger partial charge on any atom is 0.205 e. The maximum atomic E-state index is 9.24. The molecule has 0 aliphatic carbocycles. The van der Waals surface area contributed by atoms with E-state index in [1.807, 2.05) is 87.1 Å². The van der Waals surface area contributed by atoms with Gasteiger partial charge in [-0.1, -0.05) is 76.2 Å². The van der Waals surface area contributed by atoms with Gasteiger partial charge in [0.25, 0.3) is 0 Å². The molecule has 0 unspecified atom stereocenters. The minimum absolute atomic E-state index is 0.126. The first kappa shape index (κ1) is 32.9. The van der Waals surface area contributed by atoms with Crippen molar-refractivity contribution < 1.29 is 19.8 Å². The number of aliphatic hydroxyl groups excluding tert-OH is 2. The molecule has 8 heteroatoms. The van der Waals surface area contributed by atoms with Gasteiger partial charge in [0.2, 0.25) is 5.69 Å². The van der Waals surface area contributed by atoms with Crippen molar-refractivity contribution in [1.29, 1.82) is 0 Å². The molecule has 3 rings (SSSR count). The second-order valence-electron chi connectivity index (χ2n) is 9.09. The van der Waals surface area contributed by atoms with Crippen molar-refractivity contribution in [1.82, 2.24) is 0 Å². The van der Waals surface area contributed by atoms with Gasteiger partial charge in [0.05, 0.1) is 0 Å². The number of anilines is 2. The zero-order valence-corrected chi connectivity index (χ0v) is 25.6. The molecule has 5 N–H and O–H groups in total. The Morgan fingerprint density at radius 1 is 0.667 bits per heavy atom. The van der Waals surface area contributed by atoms with E-state index < -0.39 is 0 Å². The third-order valence-electron chi connectivity index (χ3n) is 5.90. The van der Waals surface area contributed by atoms with E-state index in [2.05, 4.69) is 82.4 Å². The van der Waals surface area contributed by atoms with Gasteiger partial charge in [-0.3, -0.25) is 0 Å². The summed E-state index contributed by atoms with van der Waals surface area (Å²) in [7, 11) is 3.78. The first-order valence-electron chi connectivity index (χ1n) is 14.2. The van der Waals surface area contributed by atoms with E-state index in [0.29, 0.717) is 13.1 Å². The van der Waals surface area contributed by atoms with Crippen molar-refractivity contribution in [2.75, 3.05) is 55.0 Å². The van der Waals surface area contributed by atoms with Crippen LogP contribution in [-0.2, 0) is 6.54 Å². The van der Waals surface area contributed by atoms with Gasteiger partial charge in [-0.05, 0) is 47.5 Å². The summed E-state index contributed by atoms with van der Waals surface area (Å²) in [5, 5.41) is 24.9. The van der Waals surface area contributed by atoms with Crippen molar-refractivity contribution in [3.63, 3.8) is 0 Å². The summed E-state index contributed by atoms with van der Waals surface area (Å²) < 4.78 is 2.04. The second-order valence-corrected chi connectivity index (χ2v) is 11.8. The molecule has 0 radical (unpaired) electrons. The van der Waals surface area contributed by atoms with Gasteiger partial charge in [-0.25, -0.2) is 4.99 Å². The fraction of sp³-hybridized carbons (Fsp3) is 0.235. The van der Waals surface area contributed by atoms with Gasteiger partial charge in [-0.15, -0.1) is 0 Å². The number of aromatic nitrogens is 1. The molecule has 0 spiro atoms. The molecule has 1 heterocycles. The summed E-state index contributed by atoms with van der Waals surface area (Å²) in [4.78, 5) is 2.97. The van der Waals surface area contributed by atoms with Crippen LogP contribution in [0.15, 0.2) is 103 Å². The Labute approximate surface area is 258 Å². The summed E-state index contributed by atoms with van der Waals surface area (Å²) in [6.45, 7) is 3.27. The normalized spacial score (nSPS) is 12.0. The largest absolute Gasteiger partial charge is 0.390 e. The molecule has 0 atom stereocenters. The van der Waals surface area contributed by atoms with Crippen LogP contribution in [0, 0.1) is 0 Å². The molecule has 42 heavy (non-hydrogen) atoms. The Morgan fingerprint density at radius 3 is 1.93 bits per heavy atom. The predicted octanol–water partition coefficient (Wildman–Crippen LogP) is 4.31. The number of aliphatic hydroxyl groups is 2. The van der Waals surface area contributed by atoms with E-state index >= 15 is 0 Å². The number of pyridine rings is 1. The van der Waals surface area contributed by atoms with Crippen LogP contribution >= 0.6 is 21.6 Å². The fourth-order valence-corrected chi connectivity index (χ4v) is 5.59. The molecule has 220 valence electrons. The third kappa shape index (κ3) is 13.9. The topological polar surface area (TPSA) is 82.4 Å². The van der Waals surface area contributed by atoms with Crippen LogP contribution in [-0.4, -0.2) is 60.8 Å². The molecule has 0 saturated heterocycles. The third-order valence-corrected chi connectivity index (χ3v) is 8.31. The second kappa shape index (κ2) is 21.2. The van der Waals surface area contributed by atoms with Crippen LogP contribution < -0.4 is 20.2 Å². The van der Waals surface area contributed by atoms with Crippen LogP contribution in [0.1, 0.15) is 16.8 Å². The molecule has 0 fully saturated rings. The quantitative estimate of drug-likeness (QED) is 0.0463. The SMILES string of the molecule is OCC[NH+]=C\C=C/C=C/C=C/c1ccc(NCCSSCCNc2ccc(/C=C/c3cccc[n+]3CCO)cc2)cc1. The van der Waals surface area contributed by atoms with E-state index in [9.17, 15) is 5.11 Å². The molecule has 3 aromatic rings. The Balaban J connectivity index is 1.24. The average molecular weight is 603 g/mol. The van der Waals surface area contributed by atoms with E-state index in [1.165, 1.54) is 0 Å². The number of benzene rings is 2. The van der Waals surface area contributed by atoms with Crippen molar-refractivity contribution in [2.24, 2.45) is 0 Å². The summed E-state index contributed by atoms with van der Waals surface area (Å²) in [5.74, 6) is 2.08. The molecule has 0 saturated carbocycles. The van der Waals surface area contributed by atoms with Gasteiger partial charge in [-0.2, -0.15) is 4.57 Å². The van der Waals surface area contributed by atoms with Gasteiger partial charge in [0.1, 0.15) is 13.2 Å². The zero-order valence-electron chi connectivity index (χ0n) is 23.9. The van der Waals surface area contributed by atoms with E-state index in [1.54, 1.807) is 0 Å². The summed E-state index contributed by atoms with van der Waals surface area (Å²) in [6.07, 6.45) is 19.9. The summed E-state index contributed by atoms with van der Waals surface area (Å²) in [6, 6.07) is 23.0. The highest BCUT2D eigenvalue weighted by molar-refractivity contribution is 8.76. The highest BCUT2D eigenvalue weighted by atomic mass is 33.1. The molecule has 6 nitrogen and oxygen atoms in total. The van der Waals surface area contributed by atoms with Crippen molar-refractivity contribution in [3.8, 4) is 0 Å². The lowest BCUT2D eigenvalue weighted by Gasteiger charge is -2.08. The number of hydrogen-bond acceptors (Lipinski definition) is 6. The van der Waals surface area contributed by atoms with Crippen molar-refractivity contribution >= 4 is 57.4 Å². The van der Waals surface area contributed by atoms with E-state index in [-0.39, 0.29) is 13.2 Å². The standard InChI is InChI=1S/C34H40N4O2S2/c39-26-21-35-20-6-3-1-2-4-8-30-10-15-32(16-11-30)36-22-28-41-42-29-23-37-33-17-12-31(13-18-33)14-19-34-9-5-7-24-38(34)25-27-40/h1-20,24,39-40H,21-23,25-29H2,(H,35,36)/p+2. The zero-order chi connectivity index (χ0) is 29.5. The molecule has 0 aliphatic rings. The minimum Gasteiger partial charge on any atom is -0.390 e. The predicted molar refractivity (Wildman–Crippen MR) is 184 cm³/mol. The monoisotopic (exact) mass is 602 g/mol. The molecular formula is C34H42N4O2S2+2. The summed E-state index contributed by atoms with van der Waals surface area (Å²) in [5.41, 5.74) is 5.63.